The number of rotatable bonds is 3. The molecule has 2 rings (SSSR count). The maximum Gasteiger partial charge on any atom is 0.171 e. The van der Waals surface area contributed by atoms with Gasteiger partial charge in [0.05, 0.1) is 0 Å². The molecular weight excluding hydrogens is 212 g/mol. The number of carbonyl (C=O) groups excluding carboxylic acids is 1. The maximum atomic E-state index is 12.6. The SMILES string of the molecule is NCC1(C(=O)c2cccnc2)CCCCCC1. The number of nitrogens with zero attached hydrogens (tertiary/aromatic N) is 1. The standard InChI is InChI=1S/C14H20N2O/c15-11-14(7-3-1-2-4-8-14)13(17)12-6-5-9-16-10-12/h5-6,9-10H,1-4,7-8,11,15H2. The van der Waals surface area contributed by atoms with Crippen molar-refractivity contribution in [2.75, 3.05) is 6.54 Å². The van der Waals surface area contributed by atoms with Crippen molar-refractivity contribution >= 4 is 5.78 Å². The minimum atomic E-state index is -0.334. The van der Waals surface area contributed by atoms with Crippen LogP contribution in [0.1, 0.15) is 48.9 Å². The smallest absolute Gasteiger partial charge is 0.171 e. The van der Waals surface area contributed by atoms with Crippen LogP contribution in [0.2, 0.25) is 0 Å². The average Bonchev–Trinajstić information content (AvgIpc) is 2.65. The van der Waals surface area contributed by atoms with Gasteiger partial charge >= 0.3 is 0 Å². The lowest BCUT2D eigenvalue weighted by molar-refractivity contribution is 0.0774. The molecule has 1 aromatic heterocycles. The predicted octanol–water partition coefficient (Wildman–Crippen LogP) is 2.56. The van der Waals surface area contributed by atoms with E-state index in [0.29, 0.717) is 12.1 Å². The first-order valence-corrected chi connectivity index (χ1v) is 6.43. The van der Waals surface area contributed by atoms with Gasteiger partial charge in [-0.05, 0) is 25.0 Å². The van der Waals surface area contributed by atoms with E-state index in [1.807, 2.05) is 12.1 Å². The van der Waals surface area contributed by atoms with Crippen LogP contribution in [-0.2, 0) is 0 Å². The van der Waals surface area contributed by atoms with Gasteiger partial charge in [0, 0.05) is 29.9 Å². The van der Waals surface area contributed by atoms with E-state index in [1.165, 1.54) is 12.8 Å². The van der Waals surface area contributed by atoms with E-state index in [2.05, 4.69) is 4.98 Å². The summed E-state index contributed by atoms with van der Waals surface area (Å²) >= 11 is 0. The third kappa shape index (κ3) is 2.55. The molecule has 0 unspecified atom stereocenters. The van der Waals surface area contributed by atoms with Crippen LogP contribution in [0, 0.1) is 5.41 Å². The number of hydrogen-bond donors (Lipinski definition) is 1. The lowest BCUT2D eigenvalue weighted by Gasteiger charge is -2.29. The maximum absolute atomic E-state index is 12.6. The molecule has 0 atom stereocenters. The van der Waals surface area contributed by atoms with Crippen LogP contribution < -0.4 is 5.73 Å². The molecule has 3 heteroatoms. The van der Waals surface area contributed by atoms with E-state index in [1.54, 1.807) is 12.4 Å². The van der Waals surface area contributed by atoms with Crippen molar-refractivity contribution in [1.82, 2.24) is 4.98 Å². The number of hydrogen-bond acceptors (Lipinski definition) is 3. The van der Waals surface area contributed by atoms with Gasteiger partial charge in [0.15, 0.2) is 5.78 Å². The van der Waals surface area contributed by atoms with E-state index >= 15 is 0 Å². The van der Waals surface area contributed by atoms with Gasteiger partial charge in [-0.3, -0.25) is 9.78 Å². The molecule has 0 aliphatic heterocycles. The van der Waals surface area contributed by atoms with E-state index in [0.717, 1.165) is 25.7 Å². The fraction of sp³-hybridized carbons (Fsp3) is 0.571. The van der Waals surface area contributed by atoms with Gasteiger partial charge in [0.25, 0.3) is 0 Å². The third-order valence-corrected chi connectivity index (χ3v) is 3.86. The highest BCUT2D eigenvalue weighted by atomic mass is 16.1. The average molecular weight is 232 g/mol. The molecule has 0 amide bonds. The summed E-state index contributed by atoms with van der Waals surface area (Å²) < 4.78 is 0. The first-order chi connectivity index (χ1) is 8.28. The summed E-state index contributed by atoms with van der Waals surface area (Å²) in [7, 11) is 0. The van der Waals surface area contributed by atoms with E-state index in [-0.39, 0.29) is 11.2 Å². The minimum Gasteiger partial charge on any atom is -0.329 e. The van der Waals surface area contributed by atoms with Crippen LogP contribution in [0.3, 0.4) is 0 Å². The van der Waals surface area contributed by atoms with Gasteiger partial charge in [-0.25, -0.2) is 0 Å². The zero-order valence-electron chi connectivity index (χ0n) is 10.2. The Morgan fingerprint density at radius 1 is 1.29 bits per heavy atom. The summed E-state index contributed by atoms with van der Waals surface area (Å²) in [5, 5.41) is 0. The minimum absolute atomic E-state index is 0.190. The molecule has 0 aromatic carbocycles. The number of carbonyl (C=O) groups is 1. The second kappa shape index (κ2) is 5.41. The third-order valence-electron chi connectivity index (χ3n) is 3.86. The number of aromatic nitrogens is 1. The lowest BCUT2D eigenvalue weighted by atomic mass is 9.74. The fourth-order valence-corrected chi connectivity index (χ4v) is 2.73. The second-order valence-electron chi connectivity index (χ2n) is 4.97. The molecule has 3 nitrogen and oxygen atoms in total. The molecule has 92 valence electrons. The molecule has 1 aliphatic carbocycles. The number of pyridine rings is 1. The van der Waals surface area contributed by atoms with Gasteiger partial charge in [-0.2, -0.15) is 0 Å². The summed E-state index contributed by atoms with van der Waals surface area (Å²) in [5.41, 5.74) is 6.28. The molecule has 1 aromatic rings. The summed E-state index contributed by atoms with van der Waals surface area (Å²) in [5.74, 6) is 0.190. The van der Waals surface area contributed by atoms with Crippen molar-refractivity contribution in [2.24, 2.45) is 11.1 Å². The largest absolute Gasteiger partial charge is 0.329 e. The molecule has 1 heterocycles. The highest BCUT2D eigenvalue weighted by molar-refractivity contribution is 6.00. The Kier molecular flexibility index (Phi) is 3.89. The van der Waals surface area contributed by atoms with Gasteiger partial charge in [-0.15, -0.1) is 0 Å². The predicted molar refractivity (Wildman–Crippen MR) is 67.8 cm³/mol. The van der Waals surface area contributed by atoms with Crippen molar-refractivity contribution < 1.29 is 4.79 Å². The first-order valence-electron chi connectivity index (χ1n) is 6.43. The van der Waals surface area contributed by atoms with Crippen molar-refractivity contribution in [3.05, 3.63) is 30.1 Å². The summed E-state index contributed by atoms with van der Waals surface area (Å²) in [4.78, 5) is 16.6. The molecule has 0 bridgehead atoms. The van der Waals surface area contributed by atoms with Gasteiger partial charge in [0.1, 0.15) is 0 Å². The van der Waals surface area contributed by atoms with Crippen LogP contribution in [0.4, 0.5) is 0 Å². The Morgan fingerprint density at radius 2 is 2.00 bits per heavy atom. The molecule has 0 saturated heterocycles. The molecule has 0 radical (unpaired) electrons. The Bertz CT molecular complexity index is 367. The van der Waals surface area contributed by atoms with Gasteiger partial charge < -0.3 is 5.73 Å². The molecule has 1 fully saturated rings. The fourth-order valence-electron chi connectivity index (χ4n) is 2.73. The molecule has 17 heavy (non-hydrogen) atoms. The second-order valence-corrected chi connectivity index (χ2v) is 4.97. The van der Waals surface area contributed by atoms with E-state index < -0.39 is 0 Å². The van der Waals surface area contributed by atoms with Crippen molar-refractivity contribution in [2.45, 2.75) is 38.5 Å². The van der Waals surface area contributed by atoms with E-state index in [4.69, 9.17) is 5.73 Å². The quantitative estimate of drug-likeness (QED) is 0.643. The summed E-state index contributed by atoms with van der Waals surface area (Å²) in [6, 6.07) is 3.66. The molecular formula is C14H20N2O. The Hall–Kier alpha value is -1.22. The molecule has 1 saturated carbocycles. The number of Topliss-reactive ketones (excluding diaryl/α,β-unsaturated/α-hetero) is 1. The Balaban J connectivity index is 2.25. The highest BCUT2D eigenvalue weighted by Gasteiger charge is 2.37. The van der Waals surface area contributed by atoms with Crippen molar-refractivity contribution in [3.8, 4) is 0 Å². The monoisotopic (exact) mass is 232 g/mol. The zero-order valence-corrected chi connectivity index (χ0v) is 10.2. The van der Waals surface area contributed by atoms with Crippen LogP contribution in [-0.4, -0.2) is 17.3 Å². The van der Waals surface area contributed by atoms with Crippen LogP contribution >= 0.6 is 0 Å². The van der Waals surface area contributed by atoms with Gasteiger partial charge in [-0.1, -0.05) is 25.7 Å². The zero-order chi connectivity index (χ0) is 12.1. The number of nitrogens with two attached hydrogens (primary N) is 1. The highest BCUT2D eigenvalue weighted by Crippen LogP contribution is 2.36. The summed E-state index contributed by atoms with van der Waals surface area (Å²) in [6.45, 7) is 0.459. The molecule has 0 spiro atoms. The summed E-state index contributed by atoms with van der Waals surface area (Å²) in [6.07, 6.45) is 9.88. The van der Waals surface area contributed by atoms with Crippen LogP contribution in [0.5, 0.6) is 0 Å². The molecule has 1 aliphatic rings. The van der Waals surface area contributed by atoms with Crippen molar-refractivity contribution in [1.29, 1.82) is 0 Å². The van der Waals surface area contributed by atoms with E-state index in [9.17, 15) is 4.79 Å². The molecule has 2 N–H and O–H groups in total. The Morgan fingerprint density at radius 3 is 2.53 bits per heavy atom. The van der Waals surface area contributed by atoms with Gasteiger partial charge in [0.2, 0.25) is 0 Å². The van der Waals surface area contributed by atoms with Crippen molar-refractivity contribution in [3.63, 3.8) is 0 Å². The first kappa shape index (κ1) is 12.2. The van der Waals surface area contributed by atoms with Crippen LogP contribution in [0.25, 0.3) is 0 Å². The topological polar surface area (TPSA) is 56.0 Å². The Labute approximate surface area is 102 Å². The lowest BCUT2D eigenvalue weighted by Crippen LogP contribution is -2.38. The normalized spacial score (nSPS) is 19.6. The van der Waals surface area contributed by atoms with Crippen LogP contribution in [0.15, 0.2) is 24.5 Å². The number of ketones is 1.